The molecule has 0 unspecified atom stereocenters. The molecule has 2 amide bonds. The lowest BCUT2D eigenvalue weighted by atomic mass is 10.2. The zero-order valence-electron chi connectivity index (χ0n) is 15.9. The second-order valence-electron chi connectivity index (χ2n) is 6.08. The van der Waals surface area contributed by atoms with Gasteiger partial charge in [0.25, 0.3) is 0 Å². The number of benzene rings is 2. The minimum Gasteiger partial charge on any atom is -0.323 e. The number of aromatic nitrogens is 2. The monoisotopic (exact) mass is 484 g/mol. The summed E-state index contributed by atoms with van der Waals surface area (Å²) in [7, 11) is 0. The molecule has 0 aliphatic heterocycles. The molecular weight excluding hydrogens is 469 g/mol. The molecule has 12 heteroatoms. The number of hydrogen-bond acceptors (Lipinski definition) is 7. The Balaban J connectivity index is 1.45. The smallest absolute Gasteiger partial charge is 0.236 e. The van der Waals surface area contributed by atoms with Gasteiger partial charge in [-0.25, -0.2) is 13.2 Å². The average Bonchev–Trinajstić information content (AvgIpc) is 3.19. The lowest BCUT2D eigenvalue weighted by Crippen LogP contribution is -2.15. The summed E-state index contributed by atoms with van der Waals surface area (Å²) in [6.45, 7) is 1.98. The van der Waals surface area contributed by atoms with E-state index < -0.39 is 29.0 Å². The molecule has 31 heavy (non-hydrogen) atoms. The Kier molecular flexibility index (Phi) is 7.93. The molecule has 162 valence electrons. The first-order valence-electron chi connectivity index (χ1n) is 8.71. The van der Waals surface area contributed by atoms with Gasteiger partial charge in [0.05, 0.1) is 17.2 Å². The molecule has 1 aromatic heterocycles. The molecule has 6 nitrogen and oxygen atoms in total. The zero-order valence-corrected chi connectivity index (χ0v) is 18.4. The SMILES string of the molecule is Cc1ccc(SCC(=O)Nc2nnc(SCC(=O)Nc3ccc(F)c(F)c3F)s2)cc1. The Hall–Kier alpha value is -2.57. The quantitative estimate of drug-likeness (QED) is 0.273. The summed E-state index contributed by atoms with van der Waals surface area (Å²) in [5.74, 6) is -5.31. The fourth-order valence-corrected chi connectivity index (χ4v) is 4.46. The summed E-state index contributed by atoms with van der Waals surface area (Å²) in [4.78, 5) is 25.0. The standard InChI is InChI=1S/C19H15F3N4O2S3/c1-10-2-4-11(5-3-10)29-8-15(28)24-18-25-26-19(31-18)30-9-14(27)23-13-7-6-12(20)16(21)17(13)22/h2-7H,8-9H2,1H3,(H,23,27)(H,24,25,28). The van der Waals surface area contributed by atoms with Gasteiger partial charge in [-0.15, -0.1) is 22.0 Å². The van der Waals surface area contributed by atoms with Crippen LogP contribution in [-0.2, 0) is 9.59 Å². The van der Waals surface area contributed by atoms with Crippen LogP contribution in [0.5, 0.6) is 0 Å². The van der Waals surface area contributed by atoms with Crippen LogP contribution in [0, 0.1) is 24.4 Å². The van der Waals surface area contributed by atoms with Crippen LogP contribution in [0.25, 0.3) is 0 Å². The topological polar surface area (TPSA) is 84.0 Å². The molecule has 2 aromatic carbocycles. The van der Waals surface area contributed by atoms with Crippen LogP contribution in [0.1, 0.15) is 5.56 Å². The van der Waals surface area contributed by atoms with Crippen LogP contribution < -0.4 is 10.6 Å². The summed E-state index contributed by atoms with van der Waals surface area (Å²) < 4.78 is 40.1. The van der Waals surface area contributed by atoms with Gasteiger partial charge in [-0.3, -0.25) is 14.9 Å². The van der Waals surface area contributed by atoms with Crippen molar-refractivity contribution >= 4 is 57.5 Å². The second kappa shape index (κ2) is 10.6. The number of nitrogens with one attached hydrogen (secondary N) is 2. The first kappa shape index (κ1) is 23.1. The van der Waals surface area contributed by atoms with E-state index >= 15 is 0 Å². The van der Waals surface area contributed by atoms with Crippen molar-refractivity contribution in [1.29, 1.82) is 0 Å². The summed E-state index contributed by atoms with van der Waals surface area (Å²) in [5, 5.41) is 12.8. The highest BCUT2D eigenvalue weighted by atomic mass is 32.2. The van der Waals surface area contributed by atoms with E-state index in [-0.39, 0.29) is 22.5 Å². The minimum absolute atomic E-state index is 0.162. The number of hydrogen-bond donors (Lipinski definition) is 2. The molecule has 3 rings (SSSR count). The van der Waals surface area contributed by atoms with Gasteiger partial charge in [0.1, 0.15) is 0 Å². The van der Waals surface area contributed by atoms with E-state index in [4.69, 9.17) is 0 Å². The van der Waals surface area contributed by atoms with Crippen LogP contribution in [0.15, 0.2) is 45.6 Å². The molecule has 0 saturated heterocycles. The van der Waals surface area contributed by atoms with E-state index in [1.165, 1.54) is 11.8 Å². The number of rotatable bonds is 8. The van der Waals surface area contributed by atoms with E-state index in [0.717, 1.165) is 45.7 Å². The van der Waals surface area contributed by atoms with Crippen molar-refractivity contribution in [2.45, 2.75) is 16.2 Å². The first-order valence-corrected chi connectivity index (χ1v) is 11.5. The maximum Gasteiger partial charge on any atom is 0.236 e. The van der Waals surface area contributed by atoms with Gasteiger partial charge in [-0.05, 0) is 31.2 Å². The summed E-state index contributed by atoms with van der Waals surface area (Å²) in [6.07, 6.45) is 0. The van der Waals surface area contributed by atoms with E-state index in [2.05, 4.69) is 20.8 Å². The Bertz CT molecular complexity index is 1090. The number of aryl methyl sites for hydroxylation is 1. The van der Waals surface area contributed by atoms with Gasteiger partial charge in [0.15, 0.2) is 21.8 Å². The zero-order chi connectivity index (χ0) is 22.4. The Morgan fingerprint density at radius 3 is 2.32 bits per heavy atom. The summed E-state index contributed by atoms with van der Waals surface area (Å²) in [5.41, 5.74) is 0.678. The summed E-state index contributed by atoms with van der Waals surface area (Å²) in [6, 6.07) is 9.45. The Morgan fingerprint density at radius 1 is 0.903 bits per heavy atom. The largest absolute Gasteiger partial charge is 0.323 e. The Morgan fingerprint density at radius 2 is 1.58 bits per heavy atom. The third-order valence-electron chi connectivity index (χ3n) is 3.68. The maximum absolute atomic E-state index is 13.6. The molecular formula is C19H15F3N4O2S3. The van der Waals surface area contributed by atoms with Gasteiger partial charge in [-0.2, -0.15) is 0 Å². The van der Waals surface area contributed by atoms with E-state index in [1.807, 2.05) is 31.2 Å². The third-order valence-corrected chi connectivity index (χ3v) is 6.66. The van der Waals surface area contributed by atoms with Gasteiger partial charge in [-0.1, -0.05) is 40.8 Å². The molecule has 1 heterocycles. The normalized spacial score (nSPS) is 10.7. The number of anilines is 2. The molecule has 0 aliphatic rings. The van der Waals surface area contributed by atoms with Crippen molar-refractivity contribution < 1.29 is 22.8 Å². The molecule has 0 saturated carbocycles. The Labute approximate surface area is 188 Å². The lowest BCUT2D eigenvalue weighted by Gasteiger charge is -2.06. The fraction of sp³-hybridized carbons (Fsp3) is 0.158. The van der Waals surface area contributed by atoms with Crippen LogP contribution >= 0.6 is 34.9 Å². The number of thioether (sulfide) groups is 2. The predicted octanol–water partition coefficient (Wildman–Crippen LogP) is 4.73. The van der Waals surface area contributed by atoms with Gasteiger partial charge in [0.2, 0.25) is 16.9 Å². The van der Waals surface area contributed by atoms with Crippen LogP contribution in [0.4, 0.5) is 24.0 Å². The van der Waals surface area contributed by atoms with Crippen molar-refractivity contribution in [3.05, 3.63) is 59.4 Å². The molecule has 0 atom stereocenters. The highest BCUT2D eigenvalue weighted by Crippen LogP contribution is 2.27. The van der Waals surface area contributed by atoms with Gasteiger partial charge in [0, 0.05) is 4.90 Å². The van der Waals surface area contributed by atoms with Gasteiger partial charge < -0.3 is 5.32 Å². The lowest BCUT2D eigenvalue weighted by molar-refractivity contribution is -0.114. The average molecular weight is 485 g/mol. The molecule has 0 aliphatic carbocycles. The highest BCUT2D eigenvalue weighted by Gasteiger charge is 2.16. The number of carbonyl (C=O) groups excluding carboxylic acids is 2. The first-order chi connectivity index (χ1) is 14.8. The van der Waals surface area contributed by atoms with Crippen LogP contribution in [0.3, 0.4) is 0 Å². The fourth-order valence-electron chi connectivity index (χ4n) is 2.19. The molecule has 0 spiro atoms. The number of nitrogens with zero attached hydrogens (tertiary/aromatic N) is 2. The molecule has 3 aromatic rings. The number of carbonyl (C=O) groups is 2. The van der Waals surface area contributed by atoms with Crippen LogP contribution in [-0.4, -0.2) is 33.5 Å². The van der Waals surface area contributed by atoms with Crippen LogP contribution in [0.2, 0.25) is 0 Å². The van der Waals surface area contributed by atoms with E-state index in [0.29, 0.717) is 4.34 Å². The predicted molar refractivity (Wildman–Crippen MR) is 116 cm³/mol. The maximum atomic E-state index is 13.6. The van der Waals surface area contributed by atoms with E-state index in [9.17, 15) is 22.8 Å². The second-order valence-corrected chi connectivity index (χ2v) is 9.33. The summed E-state index contributed by atoms with van der Waals surface area (Å²) >= 11 is 3.47. The molecule has 0 bridgehead atoms. The van der Waals surface area contributed by atoms with Crippen molar-refractivity contribution in [2.75, 3.05) is 22.1 Å². The molecule has 0 radical (unpaired) electrons. The van der Waals surface area contributed by atoms with Crippen molar-refractivity contribution in [2.24, 2.45) is 0 Å². The molecule has 2 N–H and O–H groups in total. The highest BCUT2D eigenvalue weighted by molar-refractivity contribution is 8.01. The third kappa shape index (κ3) is 6.71. The molecule has 0 fully saturated rings. The van der Waals surface area contributed by atoms with E-state index in [1.54, 1.807) is 0 Å². The number of halogens is 3. The number of amides is 2. The van der Waals surface area contributed by atoms with Crippen molar-refractivity contribution in [3.8, 4) is 0 Å². The minimum atomic E-state index is -1.66. The van der Waals surface area contributed by atoms with Crippen molar-refractivity contribution in [3.63, 3.8) is 0 Å². The van der Waals surface area contributed by atoms with Gasteiger partial charge >= 0.3 is 0 Å². The van der Waals surface area contributed by atoms with Crippen molar-refractivity contribution in [1.82, 2.24) is 10.2 Å².